The SMILES string of the molecule is CC1=CC23C(=O)C(C=C(CO)C(O)C2(O)C1Oc1noc2cccc(F)c12)C1C(CC3C)C1(C)C. The Morgan fingerprint density at radius 1 is 1.31 bits per heavy atom. The number of hydrogen-bond donors (Lipinski definition) is 3. The summed E-state index contributed by atoms with van der Waals surface area (Å²) in [6, 6.07) is 4.29. The number of nitrogens with zero attached hydrogens (tertiary/aromatic N) is 1. The van der Waals surface area contributed by atoms with Crippen LogP contribution in [0.25, 0.3) is 11.0 Å². The second-order valence-corrected chi connectivity index (χ2v) is 11.5. The molecule has 0 aliphatic heterocycles. The molecule has 8 heteroatoms. The van der Waals surface area contributed by atoms with Gasteiger partial charge in [0.1, 0.15) is 17.3 Å². The highest BCUT2D eigenvalue weighted by Gasteiger charge is 2.76. The van der Waals surface area contributed by atoms with Crippen molar-refractivity contribution in [2.75, 3.05) is 6.61 Å². The van der Waals surface area contributed by atoms with Gasteiger partial charge in [0.2, 0.25) is 0 Å². The fraction of sp³-hybridized carbons (Fsp3) is 0.556. The Bertz CT molecular complexity index is 1310. The van der Waals surface area contributed by atoms with Crippen LogP contribution in [0.5, 0.6) is 5.88 Å². The molecular formula is C27H30FNO6. The lowest BCUT2D eigenvalue weighted by atomic mass is 9.59. The molecule has 0 radical (unpaired) electrons. The van der Waals surface area contributed by atoms with Crippen LogP contribution in [0.2, 0.25) is 0 Å². The summed E-state index contributed by atoms with van der Waals surface area (Å²) in [4.78, 5) is 14.4. The molecular weight excluding hydrogens is 453 g/mol. The standard InChI is InChI=1S/C27H30FNO6/c1-12-10-26-13(2)8-16-20(25(16,3)4)15(22(26)32)9-14(11-30)21(31)27(26,33)23(12)34-24-19-17(28)6-5-7-18(19)35-29-24/h5-7,9-10,13,15-16,20-21,23,30-31,33H,8,11H2,1-4H3. The van der Waals surface area contributed by atoms with Gasteiger partial charge in [-0.25, -0.2) is 4.39 Å². The summed E-state index contributed by atoms with van der Waals surface area (Å²) < 4.78 is 26.0. The average molecular weight is 484 g/mol. The van der Waals surface area contributed by atoms with Gasteiger partial charge in [-0.2, -0.15) is 0 Å². The molecule has 6 rings (SSSR count). The first-order chi connectivity index (χ1) is 16.5. The van der Waals surface area contributed by atoms with Gasteiger partial charge >= 0.3 is 0 Å². The molecule has 3 N–H and O–H groups in total. The molecule has 2 fully saturated rings. The van der Waals surface area contributed by atoms with Crippen LogP contribution in [0.4, 0.5) is 4.39 Å². The van der Waals surface area contributed by atoms with Crippen LogP contribution in [0, 0.1) is 40.3 Å². The molecule has 1 aromatic carbocycles. The van der Waals surface area contributed by atoms with E-state index in [2.05, 4.69) is 19.0 Å². The van der Waals surface area contributed by atoms with Gasteiger partial charge in [-0.1, -0.05) is 39.0 Å². The summed E-state index contributed by atoms with van der Waals surface area (Å²) in [7, 11) is 0. The third-order valence-electron chi connectivity index (χ3n) is 9.54. The van der Waals surface area contributed by atoms with Crippen LogP contribution < -0.4 is 4.74 Å². The van der Waals surface area contributed by atoms with Crippen molar-refractivity contribution in [2.45, 2.75) is 51.9 Å². The summed E-state index contributed by atoms with van der Waals surface area (Å²) in [6.07, 6.45) is 1.32. The Balaban J connectivity index is 1.53. The molecule has 35 heavy (non-hydrogen) atoms. The zero-order valence-corrected chi connectivity index (χ0v) is 20.2. The molecule has 2 aromatic rings. The smallest absolute Gasteiger partial charge is 0.265 e. The maximum Gasteiger partial charge on any atom is 0.265 e. The Morgan fingerprint density at radius 3 is 2.77 bits per heavy atom. The molecule has 8 unspecified atom stereocenters. The highest BCUT2D eigenvalue weighted by molar-refractivity contribution is 5.95. The average Bonchev–Trinajstić information content (AvgIpc) is 3.09. The van der Waals surface area contributed by atoms with Crippen molar-refractivity contribution < 1.29 is 33.8 Å². The second-order valence-electron chi connectivity index (χ2n) is 11.5. The maximum absolute atomic E-state index is 14.6. The molecule has 0 amide bonds. The van der Waals surface area contributed by atoms with Crippen LogP contribution in [0.15, 0.2) is 46.0 Å². The maximum atomic E-state index is 14.6. The fourth-order valence-corrected chi connectivity index (χ4v) is 7.71. The summed E-state index contributed by atoms with van der Waals surface area (Å²) in [5, 5.41) is 38.2. The van der Waals surface area contributed by atoms with Crippen molar-refractivity contribution in [3.63, 3.8) is 0 Å². The summed E-state index contributed by atoms with van der Waals surface area (Å²) in [6.45, 7) is 7.44. The molecule has 2 saturated carbocycles. The number of halogens is 1. The van der Waals surface area contributed by atoms with E-state index in [1.165, 1.54) is 12.1 Å². The van der Waals surface area contributed by atoms with Gasteiger partial charge in [0.25, 0.3) is 5.88 Å². The second kappa shape index (κ2) is 7.02. The van der Waals surface area contributed by atoms with E-state index in [-0.39, 0.29) is 51.4 Å². The third-order valence-corrected chi connectivity index (χ3v) is 9.54. The number of carbonyl (C=O) groups excluding carboxylic acids is 1. The number of ether oxygens (including phenoxy) is 1. The fourth-order valence-electron chi connectivity index (χ4n) is 7.71. The number of aliphatic hydroxyl groups is 3. The Kier molecular flexibility index (Phi) is 4.59. The lowest BCUT2D eigenvalue weighted by molar-refractivity contribution is -0.186. The molecule has 1 aromatic heterocycles. The van der Waals surface area contributed by atoms with E-state index >= 15 is 0 Å². The number of allylic oxidation sites excluding steroid dienone is 1. The van der Waals surface area contributed by atoms with Crippen molar-refractivity contribution in [2.24, 2.45) is 34.5 Å². The molecule has 4 aliphatic rings. The minimum atomic E-state index is -2.13. The number of fused-ring (bicyclic) bond motifs is 4. The van der Waals surface area contributed by atoms with Crippen LogP contribution >= 0.6 is 0 Å². The summed E-state index contributed by atoms with van der Waals surface area (Å²) in [5.41, 5.74) is -2.72. The van der Waals surface area contributed by atoms with Crippen molar-refractivity contribution >= 4 is 16.8 Å². The Morgan fingerprint density at radius 2 is 2.06 bits per heavy atom. The highest BCUT2D eigenvalue weighted by Crippen LogP contribution is 2.71. The van der Waals surface area contributed by atoms with Crippen LogP contribution in [0.3, 0.4) is 0 Å². The van der Waals surface area contributed by atoms with Gasteiger partial charge in [-0.05, 0) is 64.9 Å². The number of hydrogen-bond acceptors (Lipinski definition) is 7. The van der Waals surface area contributed by atoms with Gasteiger partial charge in [0.05, 0.1) is 12.0 Å². The van der Waals surface area contributed by atoms with Crippen molar-refractivity contribution in [1.29, 1.82) is 0 Å². The minimum absolute atomic E-state index is 0.0204. The summed E-state index contributed by atoms with van der Waals surface area (Å²) in [5.74, 6) is -1.44. The minimum Gasteiger partial charge on any atom is -0.464 e. The zero-order chi connectivity index (χ0) is 25.1. The molecule has 2 bridgehead atoms. The van der Waals surface area contributed by atoms with Gasteiger partial charge in [0, 0.05) is 5.92 Å². The Labute approximate surface area is 202 Å². The molecule has 0 saturated heterocycles. The molecule has 4 aliphatic carbocycles. The molecule has 1 heterocycles. The van der Waals surface area contributed by atoms with Gasteiger partial charge in [-0.3, -0.25) is 4.79 Å². The van der Waals surface area contributed by atoms with E-state index in [1.54, 1.807) is 25.1 Å². The number of aromatic nitrogens is 1. The lowest BCUT2D eigenvalue weighted by Crippen LogP contribution is -2.66. The zero-order valence-electron chi connectivity index (χ0n) is 20.2. The first kappa shape index (κ1) is 22.9. The first-order valence-corrected chi connectivity index (χ1v) is 12.2. The van der Waals surface area contributed by atoms with Gasteiger partial charge < -0.3 is 24.6 Å². The molecule has 186 valence electrons. The van der Waals surface area contributed by atoms with Gasteiger partial charge in [-0.15, -0.1) is 0 Å². The number of rotatable bonds is 3. The molecule has 8 atom stereocenters. The molecule has 1 spiro atoms. The number of Topliss-reactive ketones (excluding diaryl/α,β-unsaturated/α-hetero) is 1. The van der Waals surface area contributed by atoms with Crippen molar-refractivity contribution in [3.8, 4) is 5.88 Å². The van der Waals surface area contributed by atoms with Crippen molar-refractivity contribution in [3.05, 3.63) is 47.3 Å². The van der Waals surface area contributed by atoms with Gasteiger partial charge in [0.15, 0.2) is 23.1 Å². The van der Waals surface area contributed by atoms with E-state index in [0.29, 0.717) is 12.0 Å². The lowest BCUT2D eigenvalue weighted by Gasteiger charge is -2.48. The van der Waals surface area contributed by atoms with Crippen LogP contribution in [0.1, 0.15) is 34.1 Å². The number of benzene rings is 1. The first-order valence-electron chi connectivity index (χ1n) is 12.2. The van der Waals surface area contributed by atoms with Crippen molar-refractivity contribution in [1.82, 2.24) is 5.16 Å². The Hall–Kier alpha value is -2.55. The predicted octanol–water partition coefficient (Wildman–Crippen LogP) is 3.18. The van der Waals surface area contributed by atoms with E-state index in [1.807, 2.05) is 6.92 Å². The topological polar surface area (TPSA) is 113 Å². The van der Waals surface area contributed by atoms with E-state index < -0.39 is 41.6 Å². The van der Waals surface area contributed by atoms with Crippen LogP contribution in [-0.2, 0) is 4.79 Å². The highest BCUT2D eigenvalue weighted by atomic mass is 19.1. The largest absolute Gasteiger partial charge is 0.464 e. The van der Waals surface area contributed by atoms with E-state index in [9.17, 15) is 24.5 Å². The van der Waals surface area contributed by atoms with E-state index in [0.717, 1.165) is 0 Å². The van der Waals surface area contributed by atoms with E-state index in [4.69, 9.17) is 9.26 Å². The number of ketones is 1. The normalized spacial score (nSPS) is 41.4. The quantitative estimate of drug-likeness (QED) is 0.575. The van der Waals surface area contributed by atoms with Crippen LogP contribution in [-0.4, -0.2) is 50.7 Å². The summed E-state index contributed by atoms with van der Waals surface area (Å²) >= 11 is 0. The molecule has 7 nitrogen and oxygen atoms in total. The monoisotopic (exact) mass is 483 g/mol. The third kappa shape index (κ3) is 2.60. The number of carbonyl (C=O) groups is 1. The predicted molar refractivity (Wildman–Crippen MR) is 124 cm³/mol. The number of aliphatic hydroxyl groups excluding tert-OH is 2.